The molecule has 1 heterocycles. The van der Waals surface area contributed by atoms with Crippen LogP contribution in [-0.4, -0.2) is 58.9 Å². The Bertz CT molecular complexity index is 3160. The van der Waals surface area contributed by atoms with Crippen LogP contribution < -0.4 is 26.0 Å². The van der Waals surface area contributed by atoms with E-state index in [1.54, 1.807) is 0 Å². The Labute approximate surface area is 385 Å². The second kappa shape index (κ2) is 14.0. The van der Waals surface area contributed by atoms with Gasteiger partial charge in [-0.1, -0.05) is 72.8 Å². The number of H-pyrrole nitrogens is 1. The number of aromatic amines is 1. The molecule has 67 heavy (non-hydrogen) atoms. The van der Waals surface area contributed by atoms with Gasteiger partial charge in [0.1, 0.15) is 29.5 Å². The zero-order chi connectivity index (χ0) is 45.2. The van der Waals surface area contributed by atoms with E-state index in [1.165, 1.54) is 78.9 Å². The standard InChI is InChI=1S/C53H46N5O8P/c54-53(55)58-52(60)44-10-9-43(57-44)51(59)56-11-12-64-13-14-65-49-45-39-21-41(37-19-33-29-15-27(31(33)17-35(37)39)23-5-1-3-7-25(23)29)47(45)50(66-67(61,62)63)48-42-22-40(46(48)49)36-18-32-28-16-30(34(32)20-38(36)42)26-8-4-2-6-24(26)28/h1-10,17-20,27-30,39-42,57H,11-16,21-22H2,(H,56,59)(H2,61,62,63)(H4,54,55,58,60)/t27-,28+,29+,30-,39-,40-,41+,42+/m1/s1. The molecule has 8 bridgehead atoms. The smallest absolute Gasteiger partial charge is 0.491 e. The van der Waals surface area contributed by atoms with Crippen LogP contribution in [0.1, 0.15) is 183 Å². The minimum absolute atomic E-state index is 0.0284. The Morgan fingerprint density at radius 3 is 1.45 bits per heavy atom. The molecule has 1 aromatic heterocycles. The highest BCUT2D eigenvalue weighted by atomic mass is 31.2. The number of nitrogens with two attached hydrogens (primary N) is 2. The predicted molar refractivity (Wildman–Crippen MR) is 248 cm³/mol. The maximum Gasteiger partial charge on any atom is 0.524 e. The quantitative estimate of drug-likeness (QED) is 0.0324. The fraction of sp³-hybridized carbons (Fsp3) is 0.302. The Kier molecular flexibility index (Phi) is 8.30. The number of fused-ring (bicyclic) bond motifs is 32. The normalized spacial score (nSPS) is 24.6. The van der Waals surface area contributed by atoms with Gasteiger partial charge in [0.25, 0.3) is 11.8 Å². The van der Waals surface area contributed by atoms with Gasteiger partial charge in [-0.05, 0) is 105 Å². The molecular formula is C53H46N5O8P. The van der Waals surface area contributed by atoms with E-state index >= 15 is 0 Å². The molecule has 8 aliphatic rings. The average Bonchev–Trinajstić information content (AvgIpc) is 4.19. The van der Waals surface area contributed by atoms with Crippen LogP contribution in [0.2, 0.25) is 0 Å². The Morgan fingerprint density at radius 1 is 0.582 bits per heavy atom. The second-order valence-electron chi connectivity index (χ2n) is 19.6. The first-order valence-electron chi connectivity index (χ1n) is 23.3. The van der Waals surface area contributed by atoms with E-state index in [0.29, 0.717) is 29.4 Å². The van der Waals surface area contributed by atoms with Crippen LogP contribution in [0.25, 0.3) is 0 Å². The molecule has 14 rings (SSSR count). The zero-order valence-electron chi connectivity index (χ0n) is 36.3. The average molecular weight is 912 g/mol. The van der Waals surface area contributed by atoms with Crippen LogP contribution in [0, 0.1) is 0 Å². The van der Waals surface area contributed by atoms with E-state index in [1.807, 2.05) is 0 Å². The van der Waals surface area contributed by atoms with Crippen LogP contribution in [0.15, 0.2) is 89.9 Å². The number of phosphoric acid groups is 1. The number of amides is 2. The van der Waals surface area contributed by atoms with Crippen LogP contribution in [-0.2, 0) is 9.30 Å². The number of carbonyl (C=O) groups excluding carboxylic acids is 2. The lowest BCUT2D eigenvalue weighted by Gasteiger charge is -2.33. The topological polar surface area (TPSA) is 212 Å². The number of phosphoric ester groups is 1. The maximum atomic E-state index is 13.2. The van der Waals surface area contributed by atoms with E-state index in [9.17, 15) is 23.9 Å². The number of hydrogen-bond donors (Lipinski definition) is 6. The number of nitrogens with zero attached hydrogens (tertiary/aromatic N) is 1. The SMILES string of the molecule is NC(N)=NC(=O)c1ccc(C(=O)NCCOCCOc2c3c(c(OP(=O)(O)O)c4c2[C@@H]2C[C@H]4c4cc5c(cc42)[C@@H]2C[C@H]5c4ccccc42)[C@H]2C[C@@H]3c3cc4c(cc32)[C@@H]2C[C@H]4c3ccccc32)[nH]1. The summed E-state index contributed by atoms with van der Waals surface area (Å²) in [6.07, 6.45) is 3.72. The summed E-state index contributed by atoms with van der Waals surface area (Å²) in [6, 6.07) is 30.3. The van der Waals surface area contributed by atoms with E-state index in [-0.39, 0.29) is 67.4 Å². The van der Waals surface area contributed by atoms with Crippen molar-refractivity contribution < 1.29 is 37.9 Å². The number of ether oxygens (including phenoxy) is 2. The van der Waals surface area contributed by atoms with Crippen molar-refractivity contribution in [2.24, 2.45) is 16.5 Å². The molecule has 0 radical (unpaired) electrons. The van der Waals surface area contributed by atoms with Gasteiger partial charge in [0.15, 0.2) is 5.96 Å². The van der Waals surface area contributed by atoms with E-state index in [0.717, 1.165) is 53.7 Å². The van der Waals surface area contributed by atoms with Crippen molar-refractivity contribution in [2.75, 3.05) is 26.4 Å². The van der Waals surface area contributed by atoms with Gasteiger partial charge in [-0.2, -0.15) is 4.99 Å². The minimum Gasteiger partial charge on any atom is -0.491 e. The minimum atomic E-state index is -4.99. The molecular weight excluding hydrogens is 866 g/mol. The fourth-order valence-corrected chi connectivity index (χ4v) is 14.7. The molecule has 8 aliphatic carbocycles. The van der Waals surface area contributed by atoms with Gasteiger partial charge in [-0.15, -0.1) is 0 Å². The highest BCUT2D eigenvalue weighted by Gasteiger charge is 2.56. The predicted octanol–water partition coefficient (Wildman–Crippen LogP) is 7.65. The van der Waals surface area contributed by atoms with Gasteiger partial charge in [0.05, 0.1) is 13.2 Å². The molecule has 0 unspecified atom stereocenters. The molecule has 336 valence electrons. The highest BCUT2D eigenvalue weighted by molar-refractivity contribution is 7.46. The monoisotopic (exact) mass is 911 g/mol. The number of nitrogens with one attached hydrogen (secondary N) is 2. The number of carbonyl (C=O) groups is 2. The van der Waals surface area contributed by atoms with Crippen LogP contribution >= 0.6 is 7.82 Å². The van der Waals surface area contributed by atoms with Crippen molar-refractivity contribution in [3.05, 3.63) is 185 Å². The van der Waals surface area contributed by atoms with Crippen LogP contribution in [0.3, 0.4) is 0 Å². The lowest BCUT2D eigenvalue weighted by molar-refractivity contribution is 0.0861. The maximum absolute atomic E-state index is 13.2. The Hall–Kier alpha value is -6.50. The molecule has 5 aromatic carbocycles. The lowest BCUT2D eigenvalue weighted by Crippen LogP contribution is -2.28. The van der Waals surface area contributed by atoms with Gasteiger partial charge >= 0.3 is 7.82 Å². The lowest BCUT2D eigenvalue weighted by atomic mass is 9.74. The van der Waals surface area contributed by atoms with Gasteiger partial charge in [0, 0.05) is 76.1 Å². The van der Waals surface area contributed by atoms with E-state index in [4.69, 9.17) is 25.5 Å². The fourth-order valence-electron chi connectivity index (χ4n) is 14.3. The van der Waals surface area contributed by atoms with Crippen molar-refractivity contribution in [1.82, 2.24) is 10.3 Å². The summed E-state index contributed by atoms with van der Waals surface area (Å²) in [5.41, 5.74) is 30.9. The zero-order valence-corrected chi connectivity index (χ0v) is 37.1. The summed E-state index contributed by atoms with van der Waals surface area (Å²) in [6.45, 7) is 0.885. The summed E-state index contributed by atoms with van der Waals surface area (Å²) < 4.78 is 32.2. The summed E-state index contributed by atoms with van der Waals surface area (Å²) in [5.74, 6) is 0.852. The second-order valence-corrected chi connectivity index (χ2v) is 20.7. The Morgan fingerprint density at radius 2 is 1.00 bits per heavy atom. The number of aromatic nitrogens is 1. The Balaban J connectivity index is 0.807. The number of hydrogen-bond acceptors (Lipinski definition) is 6. The highest BCUT2D eigenvalue weighted by Crippen LogP contribution is 2.72. The molecule has 0 saturated carbocycles. The van der Waals surface area contributed by atoms with Crippen molar-refractivity contribution in [1.29, 1.82) is 0 Å². The third-order valence-electron chi connectivity index (χ3n) is 16.5. The molecule has 8 N–H and O–H groups in total. The molecule has 13 nitrogen and oxygen atoms in total. The number of aliphatic imine (C=N–C) groups is 1. The van der Waals surface area contributed by atoms with Crippen molar-refractivity contribution in [3.63, 3.8) is 0 Å². The van der Waals surface area contributed by atoms with Crippen LogP contribution in [0.5, 0.6) is 11.5 Å². The van der Waals surface area contributed by atoms with E-state index in [2.05, 4.69) is 88.1 Å². The molecule has 6 aromatic rings. The van der Waals surface area contributed by atoms with Gasteiger partial charge < -0.3 is 35.8 Å². The van der Waals surface area contributed by atoms with Crippen molar-refractivity contribution >= 4 is 25.6 Å². The van der Waals surface area contributed by atoms with Gasteiger partial charge in [-0.25, -0.2) is 4.57 Å². The molecule has 0 saturated heterocycles. The summed E-state index contributed by atoms with van der Waals surface area (Å²) >= 11 is 0. The van der Waals surface area contributed by atoms with Crippen molar-refractivity contribution in [3.8, 4) is 11.5 Å². The first-order chi connectivity index (χ1) is 32.5. The first-order valence-corrected chi connectivity index (χ1v) is 24.9. The van der Waals surface area contributed by atoms with Gasteiger partial charge in [-0.3, -0.25) is 19.4 Å². The third-order valence-corrected chi connectivity index (χ3v) is 16.9. The number of rotatable bonds is 11. The van der Waals surface area contributed by atoms with Gasteiger partial charge in [0.2, 0.25) is 0 Å². The molecule has 14 heteroatoms. The molecule has 2 amide bonds. The molecule has 0 fully saturated rings. The van der Waals surface area contributed by atoms with Crippen molar-refractivity contribution in [2.45, 2.75) is 73.0 Å². The van der Waals surface area contributed by atoms with E-state index < -0.39 is 19.6 Å². The third kappa shape index (κ3) is 5.60. The molecule has 8 atom stereocenters. The number of benzene rings is 5. The summed E-state index contributed by atoms with van der Waals surface area (Å²) in [7, 11) is -4.99. The summed E-state index contributed by atoms with van der Waals surface area (Å²) in [5, 5.41) is 2.80. The number of guanidine groups is 1. The van der Waals surface area contributed by atoms with Crippen LogP contribution in [0.4, 0.5) is 0 Å². The largest absolute Gasteiger partial charge is 0.524 e. The molecule has 0 aliphatic heterocycles. The molecule has 0 spiro atoms. The first kappa shape index (κ1) is 39.6. The summed E-state index contributed by atoms with van der Waals surface area (Å²) in [4.78, 5) is 52.6.